The Morgan fingerprint density at radius 1 is 1.02 bits per heavy atom. The number of aromatic carboxylic acids is 1. The number of hydrogen-bond donors (Lipinski definition) is 3. The Morgan fingerprint density at radius 3 is 2.16 bits per heavy atom. The maximum absolute atomic E-state index is 14.8. The number of carbonyl (C=O) groups is 2. The molecule has 0 amide bonds. The quantitative estimate of drug-likeness (QED) is 0.0919. The number of benzene rings is 2. The monoisotopic (exact) mass is 612 g/mol. The van der Waals surface area contributed by atoms with E-state index in [4.69, 9.17) is 26.0 Å². The first-order chi connectivity index (χ1) is 20.2. The van der Waals surface area contributed by atoms with E-state index in [0.717, 1.165) is 0 Å². The van der Waals surface area contributed by atoms with Crippen molar-refractivity contribution in [2.75, 3.05) is 11.5 Å². The molecule has 43 heavy (non-hydrogen) atoms. The van der Waals surface area contributed by atoms with Crippen LogP contribution in [-0.2, 0) is 16.0 Å². The number of halogens is 5. The summed E-state index contributed by atoms with van der Waals surface area (Å²) >= 11 is 0. The molecule has 0 spiro atoms. The molecule has 236 valence electrons. The third-order valence-corrected chi connectivity index (χ3v) is 7.68. The first-order valence-electron chi connectivity index (χ1n) is 14.2. The van der Waals surface area contributed by atoms with Gasteiger partial charge in [-0.15, -0.1) is 0 Å². The van der Waals surface area contributed by atoms with Gasteiger partial charge in [-0.2, -0.15) is 22.0 Å². The molecule has 1 unspecified atom stereocenters. The molecule has 0 saturated heterocycles. The van der Waals surface area contributed by atoms with Crippen molar-refractivity contribution in [1.82, 2.24) is 0 Å². The maximum Gasteiger partial charge on any atom is 0.400 e. The summed E-state index contributed by atoms with van der Waals surface area (Å²) in [6.07, 6.45) is -4.13. The van der Waals surface area contributed by atoms with E-state index in [1.54, 1.807) is 6.92 Å². The normalized spacial score (nSPS) is 18.4. The number of nitrogen functional groups attached to an aromatic ring is 2. The number of carbonyl (C=O) groups excluding carboxylic acids is 1. The molecule has 0 radical (unpaired) electrons. The lowest BCUT2D eigenvalue weighted by molar-refractivity contribution is -0.223. The summed E-state index contributed by atoms with van der Waals surface area (Å²) in [7, 11) is 0. The molecule has 0 bridgehead atoms. The molecule has 1 atom stereocenters. The topological polar surface area (TPSA) is 125 Å². The number of ether oxygens (including phenoxy) is 2. The van der Waals surface area contributed by atoms with Crippen LogP contribution < -0.4 is 16.2 Å². The second kappa shape index (κ2) is 14.6. The van der Waals surface area contributed by atoms with Crippen molar-refractivity contribution in [3.8, 4) is 5.75 Å². The highest BCUT2D eigenvalue weighted by Gasteiger charge is 2.44. The molecule has 12 heteroatoms. The van der Waals surface area contributed by atoms with Crippen molar-refractivity contribution in [3.63, 3.8) is 0 Å². The van der Waals surface area contributed by atoms with Crippen LogP contribution in [-0.4, -0.2) is 35.4 Å². The lowest BCUT2D eigenvalue weighted by Gasteiger charge is -2.33. The van der Waals surface area contributed by atoms with Gasteiger partial charge in [-0.25, -0.2) is 9.59 Å². The van der Waals surface area contributed by atoms with E-state index in [9.17, 15) is 31.5 Å². The van der Waals surface area contributed by atoms with E-state index >= 15 is 0 Å². The lowest BCUT2D eigenvalue weighted by Crippen LogP contribution is -2.37. The number of alkyl halides is 5. The van der Waals surface area contributed by atoms with E-state index in [0.29, 0.717) is 36.8 Å². The number of carboxylic acid groups (broad SMARTS) is 1. The van der Waals surface area contributed by atoms with Crippen LogP contribution >= 0.6 is 0 Å². The number of carboxylic acids is 1. The number of esters is 1. The Hall–Kier alpha value is -3.83. The van der Waals surface area contributed by atoms with Crippen LogP contribution in [0.4, 0.5) is 33.3 Å². The highest BCUT2D eigenvalue weighted by molar-refractivity contribution is 5.91. The SMILES string of the molecule is CCC(Cc1c(N)cc(C(=O)O)cc1N)OC(=O)C=Cc1ccc(OC(F)(F)C2CCC(CCCC(F)(F)F)CC2)cc1. The average molecular weight is 613 g/mol. The average Bonchev–Trinajstić information content (AvgIpc) is 2.93. The summed E-state index contributed by atoms with van der Waals surface area (Å²) in [4.78, 5) is 23.6. The van der Waals surface area contributed by atoms with Crippen LogP contribution in [0.3, 0.4) is 0 Å². The molecule has 3 rings (SSSR count). The minimum absolute atomic E-state index is 0.0121. The summed E-state index contributed by atoms with van der Waals surface area (Å²) in [6.45, 7) is 1.80. The molecule has 2 aromatic carbocycles. The fourth-order valence-corrected chi connectivity index (χ4v) is 5.21. The molecule has 1 aliphatic carbocycles. The molecule has 2 aromatic rings. The van der Waals surface area contributed by atoms with Gasteiger partial charge in [0.2, 0.25) is 0 Å². The van der Waals surface area contributed by atoms with E-state index in [1.165, 1.54) is 48.6 Å². The van der Waals surface area contributed by atoms with Gasteiger partial charge in [0, 0.05) is 35.9 Å². The summed E-state index contributed by atoms with van der Waals surface area (Å²) in [5, 5.41) is 9.14. The van der Waals surface area contributed by atoms with Crippen LogP contribution in [0.15, 0.2) is 42.5 Å². The van der Waals surface area contributed by atoms with Crippen molar-refractivity contribution in [3.05, 3.63) is 59.2 Å². The van der Waals surface area contributed by atoms with Crippen LogP contribution in [0.2, 0.25) is 0 Å². The van der Waals surface area contributed by atoms with Crippen LogP contribution in [0, 0.1) is 11.8 Å². The third kappa shape index (κ3) is 10.4. The van der Waals surface area contributed by atoms with Crippen molar-refractivity contribution >= 4 is 29.4 Å². The summed E-state index contributed by atoms with van der Waals surface area (Å²) in [5.41, 5.74) is 13.3. The van der Waals surface area contributed by atoms with Crippen molar-refractivity contribution in [2.24, 2.45) is 11.8 Å². The molecule has 7 nitrogen and oxygen atoms in total. The molecule has 1 fully saturated rings. The minimum Gasteiger partial charge on any atom is -0.478 e. The number of anilines is 2. The Balaban J connectivity index is 1.49. The van der Waals surface area contributed by atoms with Gasteiger partial charge in [0.1, 0.15) is 11.9 Å². The second-order valence-electron chi connectivity index (χ2n) is 10.9. The molecule has 5 N–H and O–H groups in total. The van der Waals surface area contributed by atoms with Crippen molar-refractivity contribution < 1.29 is 46.1 Å². The molecule has 0 aliphatic heterocycles. The van der Waals surface area contributed by atoms with Gasteiger partial charge in [-0.05, 0) is 80.3 Å². The first-order valence-corrected chi connectivity index (χ1v) is 14.2. The summed E-state index contributed by atoms with van der Waals surface area (Å²) < 4.78 is 77.2. The molecule has 0 aromatic heterocycles. The summed E-state index contributed by atoms with van der Waals surface area (Å²) in [6, 6.07) is 8.34. The minimum atomic E-state index is -4.20. The van der Waals surface area contributed by atoms with Gasteiger partial charge < -0.3 is 26.0 Å². The standard InChI is InChI=1S/C31H37F5N2O5/c1-2-23(18-25-26(37)16-21(29(40)41)17-27(25)38)42-28(39)14-9-20-7-12-24(13-8-20)43-31(35,36)22-10-5-19(6-11-22)4-3-15-30(32,33)34/h7-9,12-14,16-17,19,22-23H,2-6,10-11,15,18,37-38H2,1H3,(H,40,41). The third-order valence-electron chi connectivity index (χ3n) is 7.68. The zero-order chi connectivity index (χ0) is 31.8. The van der Waals surface area contributed by atoms with Crippen molar-refractivity contribution in [1.29, 1.82) is 0 Å². The number of nitrogens with two attached hydrogens (primary N) is 2. The largest absolute Gasteiger partial charge is 0.478 e. The van der Waals surface area contributed by atoms with Crippen LogP contribution in [0.1, 0.15) is 79.8 Å². The zero-order valence-electron chi connectivity index (χ0n) is 23.8. The summed E-state index contributed by atoms with van der Waals surface area (Å²) in [5.74, 6) is -2.86. The van der Waals surface area contributed by atoms with Gasteiger partial charge in [0.25, 0.3) is 0 Å². The van der Waals surface area contributed by atoms with Gasteiger partial charge in [-0.1, -0.05) is 25.5 Å². The van der Waals surface area contributed by atoms with Gasteiger partial charge in [0.15, 0.2) is 0 Å². The van der Waals surface area contributed by atoms with Gasteiger partial charge in [0.05, 0.1) is 11.5 Å². The van der Waals surface area contributed by atoms with E-state index < -0.39 is 42.7 Å². The predicted octanol–water partition coefficient (Wildman–Crippen LogP) is 7.64. The molecular formula is C31H37F5N2O5. The smallest absolute Gasteiger partial charge is 0.400 e. The lowest BCUT2D eigenvalue weighted by atomic mass is 9.79. The Bertz CT molecular complexity index is 1250. The second-order valence-corrected chi connectivity index (χ2v) is 10.9. The van der Waals surface area contributed by atoms with Gasteiger partial charge in [-0.3, -0.25) is 0 Å². The van der Waals surface area contributed by atoms with E-state index in [1.807, 2.05) is 0 Å². The maximum atomic E-state index is 14.8. The van der Waals surface area contributed by atoms with Crippen LogP contribution in [0.5, 0.6) is 5.75 Å². The fourth-order valence-electron chi connectivity index (χ4n) is 5.21. The number of rotatable bonds is 13. The predicted molar refractivity (Wildman–Crippen MR) is 153 cm³/mol. The Kier molecular flexibility index (Phi) is 11.4. The Morgan fingerprint density at radius 2 is 1.63 bits per heavy atom. The van der Waals surface area contributed by atoms with Crippen LogP contribution in [0.25, 0.3) is 6.08 Å². The van der Waals surface area contributed by atoms with E-state index in [-0.39, 0.29) is 54.3 Å². The van der Waals surface area contributed by atoms with Crippen molar-refractivity contribution in [2.45, 2.75) is 83.1 Å². The molecule has 1 aliphatic rings. The van der Waals surface area contributed by atoms with E-state index in [2.05, 4.69) is 0 Å². The fraction of sp³-hybridized carbons (Fsp3) is 0.484. The Labute approximate surface area is 247 Å². The highest BCUT2D eigenvalue weighted by Crippen LogP contribution is 2.41. The van der Waals surface area contributed by atoms with Gasteiger partial charge >= 0.3 is 24.2 Å². The molecular weight excluding hydrogens is 575 g/mol. The highest BCUT2D eigenvalue weighted by atomic mass is 19.4. The molecule has 0 heterocycles. The zero-order valence-corrected chi connectivity index (χ0v) is 23.8. The number of hydrogen-bond acceptors (Lipinski definition) is 6. The molecule has 1 saturated carbocycles. The first kappa shape index (κ1) is 33.7.